The molecule has 0 fully saturated rings. The molecule has 122 valence electrons. The first-order chi connectivity index (χ1) is 11.5. The van der Waals surface area contributed by atoms with E-state index in [1.54, 1.807) is 49.4 Å². The summed E-state index contributed by atoms with van der Waals surface area (Å²) in [5.41, 5.74) is 2.50. The number of anilines is 1. The van der Waals surface area contributed by atoms with Gasteiger partial charge >= 0.3 is 0 Å². The van der Waals surface area contributed by atoms with Gasteiger partial charge in [-0.25, -0.2) is 4.98 Å². The lowest BCUT2D eigenvalue weighted by Crippen LogP contribution is -2.20. The van der Waals surface area contributed by atoms with Crippen LogP contribution in [0.3, 0.4) is 0 Å². The third kappa shape index (κ3) is 3.60. The first kappa shape index (κ1) is 15.7. The Hall–Kier alpha value is -3.15. The highest BCUT2D eigenvalue weighted by molar-refractivity contribution is 5.95. The number of oxazole rings is 1. The van der Waals surface area contributed by atoms with Gasteiger partial charge in [-0.3, -0.25) is 9.59 Å². The zero-order valence-corrected chi connectivity index (χ0v) is 13.3. The molecule has 1 N–H and O–H groups in total. The summed E-state index contributed by atoms with van der Waals surface area (Å²) in [4.78, 5) is 27.6. The number of benzene rings is 2. The summed E-state index contributed by atoms with van der Waals surface area (Å²) in [6.45, 7) is 3.09. The Balaban J connectivity index is 1.62. The predicted octanol–water partition coefficient (Wildman–Crippen LogP) is 3.36. The van der Waals surface area contributed by atoms with Gasteiger partial charge in [0.2, 0.25) is 0 Å². The Morgan fingerprint density at radius 3 is 2.83 bits per heavy atom. The number of carbonyl (C=O) groups is 2. The van der Waals surface area contributed by atoms with Gasteiger partial charge in [-0.05, 0) is 37.3 Å². The average molecular weight is 324 g/mol. The van der Waals surface area contributed by atoms with Gasteiger partial charge in [0, 0.05) is 18.2 Å². The van der Waals surface area contributed by atoms with Crippen molar-refractivity contribution >= 4 is 28.5 Å². The minimum Gasteiger partial charge on any atom is -0.484 e. The molecule has 0 unspecified atom stereocenters. The molecule has 0 saturated heterocycles. The predicted molar refractivity (Wildman–Crippen MR) is 89.3 cm³/mol. The third-order valence-electron chi connectivity index (χ3n) is 3.39. The summed E-state index contributed by atoms with van der Waals surface area (Å²) in [6, 6.07) is 11.9. The number of ether oxygens (including phenoxy) is 1. The number of hydrogen-bond donors (Lipinski definition) is 1. The quantitative estimate of drug-likeness (QED) is 0.728. The van der Waals surface area contributed by atoms with Gasteiger partial charge in [0.15, 0.2) is 23.9 Å². The van der Waals surface area contributed by atoms with Crippen LogP contribution in [-0.2, 0) is 4.79 Å². The van der Waals surface area contributed by atoms with Crippen LogP contribution in [0.2, 0.25) is 0 Å². The number of nitrogens with one attached hydrogen (secondary N) is 1. The summed E-state index contributed by atoms with van der Waals surface area (Å²) < 4.78 is 10.8. The number of carbonyl (C=O) groups excluding carboxylic acids is 2. The number of aryl methyl sites for hydroxylation is 1. The highest BCUT2D eigenvalue weighted by Gasteiger charge is 2.08. The van der Waals surface area contributed by atoms with E-state index in [0.29, 0.717) is 34.0 Å². The number of ketones is 1. The van der Waals surface area contributed by atoms with Crippen LogP contribution < -0.4 is 10.1 Å². The number of rotatable bonds is 5. The molecule has 0 spiro atoms. The van der Waals surface area contributed by atoms with E-state index >= 15 is 0 Å². The Labute approximate surface area is 138 Å². The molecule has 1 amide bonds. The van der Waals surface area contributed by atoms with Crippen LogP contribution in [0.5, 0.6) is 5.75 Å². The van der Waals surface area contributed by atoms with E-state index in [0.717, 1.165) is 0 Å². The highest BCUT2D eigenvalue weighted by atomic mass is 16.5. The fraction of sp³-hybridized carbons (Fsp3) is 0.167. The van der Waals surface area contributed by atoms with Crippen LogP contribution in [0.25, 0.3) is 11.1 Å². The second-order valence-electron chi connectivity index (χ2n) is 5.34. The van der Waals surface area contributed by atoms with Gasteiger partial charge < -0.3 is 14.5 Å². The largest absolute Gasteiger partial charge is 0.484 e. The number of nitrogens with zero attached hydrogens (tertiary/aromatic N) is 1. The number of Topliss-reactive ketones (excluding diaryl/α,β-unsaturated/α-hetero) is 1. The van der Waals surface area contributed by atoms with Gasteiger partial charge in [-0.2, -0.15) is 0 Å². The van der Waals surface area contributed by atoms with Crippen molar-refractivity contribution in [2.75, 3.05) is 11.9 Å². The van der Waals surface area contributed by atoms with Crippen LogP contribution in [0.4, 0.5) is 5.69 Å². The third-order valence-corrected chi connectivity index (χ3v) is 3.39. The normalized spacial score (nSPS) is 10.6. The molecule has 0 aliphatic heterocycles. The molecule has 6 nitrogen and oxygen atoms in total. The molecule has 1 heterocycles. The van der Waals surface area contributed by atoms with E-state index in [2.05, 4.69) is 10.3 Å². The number of aromatic nitrogens is 1. The van der Waals surface area contributed by atoms with E-state index in [4.69, 9.17) is 9.15 Å². The van der Waals surface area contributed by atoms with E-state index < -0.39 is 0 Å². The van der Waals surface area contributed by atoms with Crippen LogP contribution in [0.1, 0.15) is 23.2 Å². The summed E-state index contributed by atoms with van der Waals surface area (Å²) in [7, 11) is 0. The van der Waals surface area contributed by atoms with Crippen LogP contribution in [0, 0.1) is 6.92 Å². The zero-order valence-electron chi connectivity index (χ0n) is 13.3. The lowest BCUT2D eigenvalue weighted by Gasteiger charge is -2.08. The second-order valence-corrected chi connectivity index (χ2v) is 5.34. The van der Waals surface area contributed by atoms with E-state index in [-0.39, 0.29) is 18.3 Å². The van der Waals surface area contributed by atoms with Crippen LogP contribution in [-0.4, -0.2) is 23.3 Å². The molecule has 24 heavy (non-hydrogen) atoms. The van der Waals surface area contributed by atoms with Crippen LogP contribution in [0.15, 0.2) is 46.9 Å². The van der Waals surface area contributed by atoms with E-state index in [1.165, 1.54) is 6.92 Å². The molecular weight excluding hydrogens is 308 g/mol. The number of amides is 1. The van der Waals surface area contributed by atoms with Crippen molar-refractivity contribution in [1.29, 1.82) is 0 Å². The second kappa shape index (κ2) is 6.54. The van der Waals surface area contributed by atoms with Gasteiger partial charge in [0.1, 0.15) is 11.3 Å². The molecule has 1 aromatic heterocycles. The van der Waals surface area contributed by atoms with Crippen molar-refractivity contribution in [2.24, 2.45) is 0 Å². The maximum atomic E-state index is 12.0. The monoisotopic (exact) mass is 324 g/mol. The van der Waals surface area contributed by atoms with Gasteiger partial charge in [-0.15, -0.1) is 0 Å². The smallest absolute Gasteiger partial charge is 0.262 e. The molecule has 0 aliphatic carbocycles. The summed E-state index contributed by atoms with van der Waals surface area (Å²) >= 11 is 0. The van der Waals surface area contributed by atoms with E-state index in [9.17, 15) is 9.59 Å². The minimum atomic E-state index is -0.303. The van der Waals surface area contributed by atoms with E-state index in [1.807, 2.05) is 0 Å². The molecule has 0 radical (unpaired) electrons. The van der Waals surface area contributed by atoms with Crippen molar-refractivity contribution in [2.45, 2.75) is 13.8 Å². The Morgan fingerprint density at radius 1 is 1.21 bits per heavy atom. The SMILES string of the molecule is CC(=O)c1cccc(OCC(=O)Nc2ccc3oc(C)nc3c2)c1. The van der Waals surface area contributed by atoms with Crippen molar-refractivity contribution in [3.05, 3.63) is 53.9 Å². The minimum absolute atomic E-state index is 0.0545. The average Bonchev–Trinajstić information content (AvgIpc) is 2.92. The van der Waals surface area contributed by atoms with Gasteiger partial charge in [0.25, 0.3) is 5.91 Å². The Morgan fingerprint density at radius 2 is 2.04 bits per heavy atom. The fourth-order valence-electron chi connectivity index (χ4n) is 2.27. The molecule has 6 heteroatoms. The molecular formula is C18H16N2O4. The Bertz CT molecular complexity index is 914. The molecule has 0 saturated carbocycles. The number of hydrogen-bond acceptors (Lipinski definition) is 5. The zero-order chi connectivity index (χ0) is 17.1. The molecule has 3 aromatic rings. The summed E-state index contributed by atoms with van der Waals surface area (Å²) in [6.07, 6.45) is 0. The van der Waals surface area contributed by atoms with Crippen molar-refractivity contribution in [1.82, 2.24) is 4.98 Å². The molecule has 0 bridgehead atoms. The fourth-order valence-corrected chi connectivity index (χ4v) is 2.27. The molecule has 2 aromatic carbocycles. The first-order valence-corrected chi connectivity index (χ1v) is 7.42. The van der Waals surface area contributed by atoms with Crippen molar-refractivity contribution in [3.63, 3.8) is 0 Å². The van der Waals surface area contributed by atoms with Gasteiger partial charge in [-0.1, -0.05) is 12.1 Å². The first-order valence-electron chi connectivity index (χ1n) is 7.42. The van der Waals surface area contributed by atoms with Crippen LogP contribution >= 0.6 is 0 Å². The highest BCUT2D eigenvalue weighted by Crippen LogP contribution is 2.20. The molecule has 0 atom stereocenters. The van der Waals surface area contributed by atoms with Crippen molar-refractivity contribution < 1.29 is 18.7 Å². The summed E-state index contributed by atoms with van der Waals surface area (Å²) in [5, 5.41) is 2.74. The Kier molecular flexibility index (Phi) is 4.29. The molecule has 0 aliphatic rings. The molecule has 3 rings (SSSR count). The lowest BCUT2D eigenvalue weighted by molar-refractivity contribution is -0.118. The number of fused-ring (bicyclic) bond motifs is 1. The standard InChI is InChI=1S/C18H16N2O4/c1-11(21)13-4-3-5-15(8-13)23-10-18(22)20-14-6-7-17-16(9-14)19-12(2)24-17/h3-9H,10H2,1-2H3,(H,20,22). The lowest BCUT2D eigenvalue weighted by atomic mass is 10.1. The van der Waals surface area contributed by atoms with Crippen molar-refractivity contribution in [3.8, 4) is 5.75 Å². The summed E-state index contributed by atoms with van der Waals surface area (Å²) in [5.74, 6) is 0.687. The topological polar surface area (TPSA) is 81.4 Å². The maximum absolute atomic E-state index is 12.0. The maximum Gasteiger partial charge on any atom is 0.262 e. The van der Waals surface area contributed by atoms with Gasteiger partial charge in [0.05, 0.1) is 0 Å².